The number of sulfonamides is 1. The summed E-state index contributed by atoms with van der Waals surface area (Å²) in [7, 11) is -4.20. The minimum Gasteiger partial charge on any atom is -0.352 e. The van der Waals surface area contributed by atoms with Crippen LogP contribution in [0.25, 0.3) is 0 Å². The average Bonchev–Trinajstić information content (AvgIpc) is 3.03. The van der Waals surface area contributed by atoms with Crippen molar-refractivity contribution < 1.29 is 18.0 Å². The lowest BCUT2D eigenvalue weighted by Crippen LogP contribution is -2.54. The number of nitrogens with zero attached hydrogens (tertiary/aromatic N) is 2. The molecule has 0 bridgehead atoms. The van der Waals surface area contributed by atoms with E-state index in [1.54, 1.807) is 54.6 Å². The summed E-state index contributed by atoms with van der Waals surface area (Å²) in [6, 6.07) is 26.3. The Morgan fingerprint density at radius 2 is 1.57 bits per heavy atom. The fraction of sp³-hybridized carbons (Fsp3) is 0.257. The summed E-state index contributed by atoms with van der Waals surface area (Å²) in [6.45, 7) is 5.09. The second-order valence-corrected chi connectivity index (χ2v) is 14.7. The highest BCUT2D eigenvalue weighted by atomic mass is 79.9. The van der Waals surface area contributed by atoms with Crippen LogP contribution in [0.2, 0.25) is 10.0 Å². The molecular formula is C35H36BrCl2N3O4S. The van der Waals surface area contributed by atoms with Crippen LogP contribution in [0.3, 0.4) is 0 Å². The van der Waals surface area contributed by atoms with Crippen molar-refractivity contribution in [2.45, 2.75) is 57.1 Å². The van der Waals surface area contributed by atoms with E-state index in [-0.39, 0.29) is 29.8 Å². The standard InChI is InChI=1S/C35H36BrCl2N3O4S/c1-4-25(3)39-35(43)33(20-26-8-6-5-7-9-26)40(22-27-12-15-29(37)21-32(27)38)34(42)23-41(30-16-13-28(36)14-17-30)46(44,45)31-18-10-24(2)11-19-31/h5-19,21,25,33H,4,20,22-23H2,1-3H3,(H,39,43)/t25-,33+/m0/s1. The maximum atomic E-state index is 14.6. The zero-order valence-electron chi connectivity index (χ0n) is 25.8. The van der Waals surface area contributed by atoms with E-state index < -0.39 is 28.5 Å². The van der Waals surface area contributed by atoms with E-state index in [2.05, 4.69) is 21.2 Å². The van der Waals surface area contributed by atoms with Crippen LogP contribution in [0, 0.1) is 6.92 Å². The Morgan fingerprint density at radius 1 is 0.913 bits per heavy atom. The normalized spacial score (nSPS) is 12.7. The average molecular weight is 746 g/mol. The molecule has 4 rings (SSSR count). The van der Waals surface area contributed by atoms with Crippen LogP contribution in [0.15, 0.2) is 106 Å². The van der Waals surface area contributed by atoms with Crippen LogP contribution in [-0.4, -0.2) is 43.8 Å². The minimum atomic E-state index is -4.20. The van der Waals surface area contributed by atoms with Crippen LogP contribution in [0.4, 0.5) is 5.69 Å². The van der Waals surface area contributed by atoms with Gasteiger partial charge in [0.15, 0.2) is 0 Å². The third-order valence-corrected chi connectivity index (χ3v) is 10.5. The number of rotatable bonds is 13. The smallest absolute Gasteiger partial charge is 0.264 e. The van der Waals surface area contributed by atoms with Crippen molar-refractivity contribution in [3.8, 4) is 0 Å². The second-order valence-electron chi connectivity index (χ2n) is 11.1. The number of carbonyl (C=O) groups is 2. The number of aryl methyl sites for hydroxylation is 1. The predicted octanol–water partition coefficient (Wildman–Crippen LogP) is 7.81. The van der Waals surface area contributed by atoms with Gasteiger partial charge >= 0.3 is 0 Å². The molecule has 0 unspecified atom stereocenters. The van der Waals surface area contributed by atoms with E-state index in [0.717, 1.165) is 19.9 Å². The quantitative estimate of drug-likeness (QED) is 0.151. The third kappa shape index (κ3) is 9.12. The molecule has 0 heterocycles. The first-order valence-corrected chi connectivity index (χ1v) is 17.8. The molecule has 0 radical (unpaired) electrons. The lowest BCUT2D eigenvalue weighted by molar-refractivity contribution is -0.140. The van der Waals surface area contributed by atoms with Crippen molar-refractivity contribution in [3.05, 3.63) is 128 Å². The fourth-order valence-electron chi connectivity index (χ4n) is 4.80. The van der Waals surface area contributed by atoms with Gasteiger partial charge in [-0.15, -0.1) is 0 Å². The number of hydrogen-bond acceptors (Lipinski definition) is 4. The van der Waals surface area contributed by atoms with Gasteiger partial charge in [-0.05, 0) is 79.9 Å². The van der Waals surface area contributed by atoms with Gasteiger partial charge in [0.1, 0.15) is 12.6 Å². The van der Waals surface area contributed by atoms with Gasteiger partial charge < -0.3 is 10.2 Å². The van der Waals surface area contributed by atoms with Gasteiger partial charge in [-0.2, -0.15) is 0 Å². The highest BCUT2D eigenvalue weighted by molar-refractivity contribution is 9.10. The molecule has 0 aromatic heterocycles. The molecule has 0 fully saturated rings. The van der Waals surface area contributed by atoms with Crippen molar-refractivity contribution >= 4 is 66.7 Å². The van der Waals surface area contributed by atoms with Crippen LogP contribution in [-0.2, 0) is 32.6 Å². The number of benzene rings is 4. The van der Waals surface area contributed by atoms with Gasteiger partial charge in [0, 0.05) is 33.5 Å². The first-order chi connectivity index (χ1) is 21.9. The maximum Gasteiger partial charge on any atom is 0.264 e. The molecule has 0 aliphatic carbocycles. The highest BCUT2D eigenvalue weighted by Crippen LogP contribution is 2.28. The van der Waals surface area contributed by atoms with Crippen LogP contribution >= 0.6 is 39.1 Å². The van der Waals surface area contributed by atoms with E-state index in [0.29, 0.717) is 27.7 Å². The monoisotopic (exact) mass is 743 g/mol. The number of anilines is 1. The number of hydrogen-bond donors (Lipinski definition) is 1. The summed E-state index contributed by atoms with van der Waals surface area (Å²) in [5.41, 5.74) is 2.59. The number of nitrogens with one attached hydrogen (secondary N) is 1. The molecule has 0 saturated carbocycles. The molecule has 0 aliphatic heterocycles. The van der Waals surface area contributed by atoms with Crippen molar-refractivity contribution in [2.24, 2.45) is 0 Å². The Morgan fingerprint density at radius 3 is 2.17 bits per heavy atom. The van der Waals surface area contributed by atoms with Crippen LogP contribution in [0.5, 0.6) is 0 Å². The van der Waals surface area contributed by atoms with Crippen LogP contribution < -0.4 is 9.62 Å². The molecule has 4 aromatic carbocycles. The van der Waals surface area contributed by atoms with Gasteiger partial charge in [0.05, 0.1) is 10.6 Å². The van der Waals surface area contributed by atoms with E-state index in [1.165, 1.54) is 17.0 Å². The Hall–Kier alpha value is -3.37. The molecule has 2 atom stereocenters. The van der Waals surface area contributed by atoms with Gasteiger partial charge in [-0.3, -0.25) is 13.9 Å². The van der Waals surface area contributed by atoms with Crippen molar-refractivity contribution in [3.63, 3.8) is 0 Å². The first-order valence-electron chi connectivity index (χ1n) is 14.8. The largest absolute Gasteiger partial charge is 0.352 e. The maximum absolute atomic E-state index is 14.6. The SMILES string of the molecule is CC[C@H](C)NC(=O)[C@@H](Cc1ccccc1)N(Cc1ccc(Cl)cc1Cl)C(=O)CN(c1ccc(Br)cc1)S(=O)(=O)c1ccc(C)cc1. The van der Waals surface area contributed by atoms with Gasteiger partial charge in [-0.25, -0.2) is 8.42 Å². The highest BCUT2D eigenvalue weighted by Gasteiger charge is 2.35. The van der Waals surface area contributed by atoms with Crippen molar-refractivity contribution in [2.75, 3.05) is 10.8 Å². The second kappa shape index (κ2) is 16.0. The van der Waals surface area contributed by atoms with Crippen molar-refractivity contribution in [1.29, 1.82) is 0 Å². The predicted molar refractivity (Wildman–Crippen MR) is 189 cm³/mol. The Kier molecular flexibility index (Phi) is 12.3. The van der Waals surface area contributed by atoms with Crippen molar-refractivity contribution in [1.82, 2.24) is 10.2 Å². The minimum absolute atomic E-state index is 0.0384. The van der Waals surface area contributed by atoms with E-state index in [4.69, 9.17) is 23.2 Å². The molecule has 4 aromatic rings. The summed E-state index contributed by atoms with van der Waals surface area (Å²) in [5.74, 6) is -0.932. The zero-order valence-corrected chi connectivity index (χ0v) is 29.7. The molecular weight excluding hydrogens is 709 g/mol. The summed E-state index contributed by atoms with van der Waals surface area (Å²) in [5, 5.41) is 3.77. The van der Waals surface area contributed by atoms with E-state index in [1.807, 2.05) is 51.1 Å². The van der Waals surface area contributed by atoms with Gasteiger partial charge in [0.25, 0.3) is 10.0 Å². The molecule has 11 heteroatoms. The van der Waals surface area contributed by atoms with Gasteiger partial charge in [-0.1, -0.05) is 100 Å². The zero-order chi connectivity index (χ0) is 33.4. The Balaban J connectivity index is 1.82. The molecule has 7 nitrogen and oxygen atoms in total. The Labute approximate surface area is 289 Å². The Bertz CT molecular complexity index is 1760. The molecule has 0 spiro atoms. The summed E-state index contributed by atoms with van der Waals surface area (Å²) < 4.78 is 30.1. The third-order valence-electron chi connectivity index (χ3n) is 7.63. The topological polar surface area (TPSA) is 86.8 Å². The molecule has 0 aliphatic rings. The first kappa shape index (κ1) is 35.5. The number of carbonyl (C=O) groups excluding carboxylic acids is 2. The fourth-order valence-corrected chi connectivity index (χ4v) is 6.95. The number of halogens is 3. The van der Waals surface area contributed by atoms with E-state index >= 15 is 0 Å². The summed E-state index contributed by atoms with van der Waals surface area (Å²) >= 11 is 16.2. The lowest BCUT2D eigenvalue weighted by Gasteiger charge is -2.34. The molecule has 0 saturated heterocycles. The molecule has 242 valence electrons. The van der Waals surface area contributed by atoms with Gasteiger partial charge in [0.2, 0.25) is 11.8 Å². The lowest BCUT2D eigenvalue weighted by atomic mass is 10.0. The number of amides is 2. The van der Waals surface area contributed by atoms with E-state index in [9.17, 15) is 18.0 Å². The summed E-state index contributed by atoms with van der Waals surface area (Å²) in [6.07, 6.45) is 0.885. The molecule has 1 N–H and O–H groups in total. The molecule has 46 heavy (non-hydrogen) atoms. The molecule has 2 amide bonds. The van der Waals surface area contributed by atoms with Crippen LogP contribution in [0.1, 0.15) is 37.0 Å². The summed E-state index contributed by atoms with van der Waals surface area (Å²) in [4.78, 5) is 30.0.